The van der Waals surface area contributed by atoms with Gasteiger partial charge in [-0.1, -0.05) is 6.07 Å². The Balaban J connectivity index is 2.43. The van der Waals surface area contributed by atoms with Crippen LogP contribution in [0.15, 0.2) is 34.9 Å². The molecular formula is C10H6N2O4. The molecule has 6 nitrogen and oxygen atoms in total. The first kappa shape index (κ1) is 10.0. The van der Waals surface area contributed by atoms with Crippen molar-refractivity contribution >= 4 is 12.0 Å². The van der Waals surface area contributed by atoms with E-state index in [1.165, 1.54) is 24.5 Å². The standard InChI is InChI=1S/C10H6N2O4/c13-5-8-6-16-10(11-8)7-2-1-3-9(4-7)12(14)15/h1-6H. The summed E-state index contributed by atoms with van der Waals surface area (Å²) in [5.74, 6) is 0.186. The molecule has 0 amide bonds. The third-order valence-corrected chi connectivity index (χ3v) is 1.95. The summed E-state index contributed by atoms with van der Waals surface area (Å²) in [4.78, 5) is 24.3. The van der Waals surface area contributed by atoms with Crippen molar-refractivity contribution in [3.8, 4) is 11.5 Å². The van der Waals surface area contributed by atoms with Crippen molar-refractivity contribution in [1.82, 2.24) is 4.98 Å². The van der Waals surface area contributed by atoms with Crippen molar-refractivity contribution in [2.45, 2.75) is 0 Å². The third kappa shape index (κ3) is 1.81. The molecule has 16 heavy (non-hydrogen) atoms. The van der Waals surface area contributed by atoms with Crippen molar-refractivity contribution in [3.63, 3.8) is 0 Å². The Morgan fingerprint density at radius 1 is 1.44 bits per heavy atom. The van der Waals surface area contributed by atoms with E-state index in [-0.39, 0.29) is 17.3 Å². The smallest absolute Gasteiger partial charge is 0.270 e. The maximum absolute atomic E-state index is 10.5. The number of non-ortho nitro benzene ring substituents is 1. The number of carbonyl (C=O) groups excluding carboxylic acids is 1. The lowest BCUT2D eigenvalue weighted by atomic mass is 10.2. The Morgan fingerprint density at radius 2 is 2.25 bits per heavy atom. The maximum Gasteiger partial charge on any atom is 0.270 e. The molecule has 0 aliphatic rings. The monoisotopic (exact) mass is 218 g/mol. The quantitative estimate of drug-likeness (QED) is 0.447. The first-order valence-electron chi connectivity index (χ1n) is 4.36. The van der Waals surface area contributed by atoms with Gasteiger partial charge in [0.1, 0.15) is 12.0 Å². The molecule has 0 aliphatic carbocycles. The number of oxazole rings is 1. The number of carbonyl (C=O) groups is 1. The fraction of sp³-hybridized carbons (Fsp3) is 0. The van der Waals surface area contributed by atoms with Gasteiger partial charge < -0.3 is 4.42 Å². The molecule has 1 heterocycles. The van der Waals surface area contributed by atoms with Crippen molar-refractivity contribution in [2.24, 2.45) is 0 Å². The highest BCUT2D eigenvalue weighted by Gasteiger charge is 2.10. The van der Waals surface area contributed by atoms with E-state index < -0.39 is 4.92 Å². The number of aromatic nitrogens is 1. The number of hydrogen-bond donors (Lipinski definition) is 0. The molecule has 0 saturated heterocycles. The normalized spacial score (nSPS) is 10.0. The number of nitrogens with zero attached hydrogens (tertiary/aromatic N) is 2. The Kier molecular flexibility index (Phi) is 2.47. The number of benzene rings is 1. The highest BCUT2D eigenvalue weighted by Crippen LogP contribution is 2.22. The second-order valence-electron chi connectivity index (χ2n) is 3.00. The largest absolute Gasteiger partial charge is 0.444 e. The number of nitro groups is 1. The fourth-order valence-corrected chi connectivity index (χ4v) is 1.23. The van der Waals surface area contributed by atoms with Gasteiger partial charge >= 0.3 is 0 Å². The molecule has 1 aromatic carbocycles. The van der Waals surface area contributed by atoms with Gasteiger partial charge in [0.2, 0.25) is 5.89 Å². The SMILES string of the molecule is O=Cc1coc(-c2cccc([N+](=O)[O-])c2)n1. The van der Waals surface area contributed by atoms with Crippen LogP contribution in [-0.4, -0.2) is 16.2 Å². The minimum absolute atomic E-state index is 0.0525. The van der Waals surface area contributed by atoms with Crippen LogP contribution in [0.25, 0.3) is 11.5 Å². The molecule has 0 bridgehead atoms. The minimum Gasteiger partial charge on any atom is -0.444 e. The summed E-state index contributed by atoms with van der Waals surface area (Å²) >= 11 is 0. The van der Waals surface area contributed by atoms with Gasteiger partial charge in [0.05, 0.1) is 4.92 Å². The summed E-state index contributed by atoms with van der Waals surface area (Å²) in [6.45, 7) is 0. The van der Waals surface area contributed by atoms with Gasteiger partial charge in [0.15, 0.2) is 6.29 Å². The van der Waals surface area contributed by atoms with Crippen molar-refractivity contribution in [2.75, 3.05) is 0 Å². The number of rotatable bonds is 3. The molecule has 0 N–H and O–H groups in total. The van der Waals surface area contributed by atoms with Gasteiger partial charge in [-0.05, 0) is 6.07 Å². The van der Waals surface area contributed by atoms with Gasteiger partial charge in [-0.25, -0.2) is 4.98 Å². The van der Waals surface area contributed by atoms with Crippen LogP contribution < -0.4 is 0 Å². The summed E-state index contributed by atoms with van der Waals surface area (Å²) in [5, 5.41) is 10.5. The summed E-state index contributed by atoms with van der Waals surface area (Å²) in [6.07, 6.45) is 1.74. The molecule has 0 saturated carbocycles. The second-order valence-corrected chi connectivity index (χ2v) is 3.00. The number of aldehydes is 1. The molecule has 2 rings (SSSR count). The third-order valence-electron chi connectivity index (χ3n) is 1.95. The topological polar surface area (TPSA) is 86.2 Å². The first-order valence-corrected chi connectivity index (χ1v) is 4.36. The average molecular weight is 218 g/mol. The van der Waals surface area contributed by atoms with Crippen LogP contribution in [0.5, 0.6) is 0 Å². The lowest BCUT2D eigenvalue weighted by Gasteiger charge is -1.94. The number of hydrogen-bond acceptors (Lipinski definition) is 5. The molecule has 0 fully saturated rings. The lowest BCUT2D eigenvalue weighted by Crippen LogP contribution is -1.88. The lowest BCUT2D eigenvalue weighted by molar-refractivity contribution is -0.384. The highest BCUT2D eigenvalue weighted by atomic mass is 16.6. The van der Waals surface area contributed by atoms with Crippen LogP contribution in [0.2, 0.25) is 0 Å². The van der Waals surface area contributed by atoms with E-state index in [4.69, 9.17) is 4.42 Å². The Labute approximate surface area is 89.7 Å². The zero-order valence-corrected chi connectivity index (χ0v) is 7.99. The van der Waals surface area contributed by atoms with E-state index in [0.717, 1.165) is 0 Å². The molecular weight excluding hydrogens is 212 g/mol. The van der Waals surface area contributed by atoms with Crippen molar-refractivity contribution in [1.29, 1.82) is 0 Å². The summed E-state index contributed by atoms with van der Waals surface area (Å²) in [5.41, 5.74) is 0.562. The van der Waals surface area contributed by atoms with Crippen LogP contribution in [0.4, 0.5) is 5.69 Å². The van der Waals surface area contributed by atoms with E-state index in [2.05, 4.69) is 4.98 Å². The predicted octanol–water partition coefficient (Wildman–Crippen LogP) is 2.06. The summed E-state index contributed by atoms with van der Waals surface area (Å²) in [6, 6.07) is 5.85. The highest BCUT2D eigenvalue weighted by molar-refractivity contribution is 5.72. The Hall–Kier alpha value is -2.50. The molecule has 2 aromatic rings. The molecule has 0 aliphatic heterocycles. The van der Waals surface area contributed by atoms with Gasteiger partial charge in [-0.3, -0.25) is 14.9 Å². The van der Waals surface area contributed by atoms with Crippen molar-refractivity contribution in [3.05, 3.63) is 46.3 Å². The number of nitro benzene ring substituents is 1. The molecule has 0 atom stereocenters. The van der Waals surface area contributed by atoms with Gasteiger partial charge in [-0.2, -0.15) is 0 Å². The van der Waals surface area contributed by atoms with E-state index in [0.29, 0.717) is 11.8 Å². The van der Waals surface area contributed by atoms with E-state index in [9.17, 15) is 14.9 Å². The zero-order chi connectivity index (χ0) is 11.5. The van der Waals surface area contributed by atoms with Crippen LogP contribution in [0.1, 0.15) is 10.5 Å². The van der Waals surface area contributed by atoms with Gasteiger partial charge in [0.25, 0.3) is 5.69 Å². The predicted molar refractivity (Wildman–Crippen MR) is 54.0 cm³/mol. The molecule has 80 valence electrons. The summed E-state index contributed by atoms with van der Waals surface area (Å²) < 4.78 is 5.01. The van der Waals surface area contributed by atoms with Gasteiger partial charge in [-0.15, -0.1) is 0 Å². The second kappa shape index (κ2) is 3.93. The fourth-order valence-electron chi connectivity index (χ4n) is 1.23. The van der Waals surface area contributed by atoms with Crippen LogP contribution in [0.3, 0.4) is 0 Å². The molecule has 0 spiro atoms. The van der Waals surface area contributed by atoms with Gasteiger partial charge in [0, 0.05) is 17.7 Å². The van der Waals surface area contributed by atoms with E-state index >= 15 is 0 Å². The molecule has 0 radical (unpaired) electrons. The Bertz CT molecular complexity index is 547. The average Bonchev–Trinajstić information content (AvgIpc) is 2.77. The van der Waals surface area contributed by atoms with Crippen LogP contribution in [0, 0.1) is 10.1 Å². The minimum atomic E-state index is -0.507. The molecule has 0 unspecified atom stereocenters. The zero-order valence-electron chi connectivity index (χ0n) is 7.99. The van der Waals surface area contributed by atoms with E-state index in [1.807, 2.05) is 0 Å². The van der Waals surface area contributed by atoms with Crippen LogP contribution in [-0.2, 0) is 0 Å². The first-order chi connectivity index (χ1) is 7.70. The Morgan fingerprint density at radius 3 is 2.88 bits per heavy atom. The molecule has 1 aromatic heterocycles. The van der Waals surface area contributed by atoms with Crippen molar-refractivity contribution < 1.29 is 14.1 Å². The summed E-state index contributed by atoms with van der Waals surface area (Å²) in [7, 11) is 0. The van der Waals surface area contributed by atoms with Crippen LogP contribution >= 0.6 is 0 Å². The molecule has 6 heteroatoms. The van der Waals surface area contributed by atoms with E-state index in [1.54, 1.807) is 6.07 Å². The maximum atomic E-state index is 10.5.